The van der Waals surface area contributed by atoms with E-state index in [-0.39, 0.29) is 11.8 Å². The van der Waals surface area contributed by atoms with Crippen LogP contribution in [0.15, 0.2) is 54.6 Å². The Hall–Kier alpha value is -3.52. The van der Waals surface area contributed by atoms with E-state index in [2.05, 4.69) is 5.32 Å². The fourth-order valence-electron chi connectivity index (χ4n) is 5.34. The molecule has 2 fully saturated rings. The van der Waals surface area contributed by atoms with E-state index in [4.69, 9.17) is 18.9 Å². The van der Waals surface area contributed by atoms with Gasteiger partial charge in [0.2, 0.25) is 11.8 Å². The second-order valence-corrected chi connectivity index (χ2v) is 8.73. The topological polar surface area (TPSA) is 86.3 Å². The first-order chi connectivity index (χ1) is 16.5. The minimum Gasteiger partial charge on any atom is -0.495 e. The average molecular weight is 465 g/mol. The van der Waals surface area contributed by atoms with Crippen molar-refractivity contribution in [2.75, 3.05) is 39.3 Å². The predicted octanol–water partition coefficient (Wildman–Crippen LogP) is 2.36. The zero-order chi connectivity index (χ0) is 23.9. The largest absolute Gasteiger partial charge is 0.495 e. The molecule has 1 spiro atoms. The van der Waals surface area contributed by atoms with Crippen LogP contribution in [0.2, 0.25) is 0 Å². The standard InChI is InChI=1S/C26H28N2O6/c1-31-18-7-5-4-6-17(18)28-15-26-12-10-20(34-26)22(23(26)25(28)30)24(29)27-13-11-16-8-9-19(32-2)21(14-16)33-3/h4-10,12,14,20,22-23H,11,13,15H2,1-3H3,(H,27,29)/t20-,22-,23-,26-/m0/s1. The second-order valence-electron chi connectivity index (χ2n) is 8.73. The van der Waals surface area contributed by atoms with Gasteiger partial charge in [-0.05, 0) is 36.2 Å². The predicted molar refractivity (Wildman–Crippen MR) is 125 cm³/mol. The van der Waals surface area contributed by atoms with Gasteiger partial charge in [0.05, 0.1) is 51.5 Å². The zero-order valence-electron chi connectivity index (χ0n) is 19.4. The Kier molecular flexibility index (Phi) is 5.69. The summed E-state index contributed by atoms with van der Waals surface area (Å²) in [5, 5.41) is 3.01. The zero-order valence-corrected chi connectivity index (χ0v) is 19.4. The lowest BCUT2D eigenvalue weighted by Gasteiger charge is -2.23. The highest BCUT2D eigenvalue weighted by Gasteiger charge is 2.67. The number of anilines is 1. The van der Waals surface area contributed by atoms with Gasteiger partial charge in [0.15, 0.2) is 11.5 Å². The number of nitrogens with one attached hydrogen (secondary N) is 1. The van der Waals surface area contributed by atoms with E-state index in [9.17, 15) is 9.59 Å². The average Bonchev–Trinajstić information content (AvgIpc) is 3.51. The van der Waals surface area contributed by atoms with Crippen LogP contribution in [0, 0.1) is 11.8 Å². The third-order valence-corrected chi connectivity index (χ3v) is 6.94. The molecular weight excluding hydrogens is 436 g/mol. The third-order valence-electron chi connectivity index (χ3n) is 6.94. The van der Waals surface area contributed by atoms with E-state index < -0.39 is 23.5 Å². The number of ether oxygens (including phenoxy) is 4. The van der Waals surface area contributed by atoms with Gasteiger partial charge in [-0.2, -0.15) is 0 Å². The second kappa shape index (κ2) is 8.68. The van der Waals surface area contributed by atoms with Crippen LogP contribution in [0.3, 0.4) is 0 Å². The van der Waals surface area contributed by atoms with Crippen LogP contribution in [0.4, 0.5) is 5.69 Å². The number of fused-ring (bicyclic) bond motifs is 1. The lowest BCUT2D eigenvalue weighted by Crippen LogP contribution is -2.44. The molecule has 0 radical (unpaired) electrons. The number of nitrogens with zero attached hydrogens (tertiary/aromatic N) is 1. The van der Waals surface area contributed by atoms with Crippen LogP contribution in [0.25, 0.3) is 0 Å². The molecule has 0 saturated carbocycles. The number of hydrogen-bond acceptors (Lipinski definition) is 6. The van der Waals surface area contributed by atoms with E-state index in [1.807, 2.05) is 54.6 Å². The summed E-state index contributed by atoms with van der Waals surface area (Å²) in [4.78, 5) is 28.4. The van der Waals surface area contributed by atoms with Crippen molar-refractivity contribution in [1.29, 1.82) is 0 Å². The Labute approximate surface area is 198 Å². The fourth-order valence-corrected chi connectivity index (χ4v) is 5.34. The maximum absolute atomic E-state index is 13.5. The van der Waals surface area contributed by atoms with Crippen molar-refractivity contribution in [3.63, 3.8) is 0 Å². The number of carbonyl (C=O) groups excluding carboxylic acids is 2. The van der Waals surface area contributed by atoms with Gasteiger partial charge in [0.1, 0.15) is 11.4 Å². The fraction of sp³-hybridized carbons (Fsp3) is 0.385. The smallest absolute Gasteiger partial charge is 0.234 e. The van der Waals surface area contributed by atoms with Gasteiger partial charge < -0.3 is 29.2 Å². The maximum Gasteiger partial charge on any atom is 0.234 e. The highest BCUT2D eigenvalue weighted by Crippen LogP contribution is 2.53. The van der Waals surface area contributed by atoms with Crippen LogP contribution < -0.4 is 24.4 Å². The monoisotopic (exact) mass is 464 g/mol. The van der Waals surface area contributed by atoms with E-state index in [0.29, 0.717) is 42.4 Å². The van der Waals surface area contributed by atoms with Crippen molar-refractivity contribution in [1.82, 2.24) is 5.32 Å². The molecule has 5 rings (SSSR count). The summed E-state index contributed by atoms with van der Waals surface area (Å²) in [5.74, 6) is 0.504. The van der Waals surface area contributed by atoms with Crippen molar-refractivity contribution < 1.29 is 28.5 Å². The molecule has 1 N–H and O–H groups in total. The molecule has 3 heterocycles. The lowest BCUT2D eigenvalue weighted by atomic mass is 9.77. The molecule has 2 aromatic rings. The molecule has 4 atom stereocenters. The molecule has 0 unspecified atom stereocenters. The van der Waals surface area contributed by atoms with Crippen LogP contribution in [0.1, 0.15) is 5.56 Å². The maximum atomic E-state index is 13.5. The van der Waals surface area contributed by atoms with E-state index in [1.165, 1.54) is 0 Å². The SMILES string of the molecule is COc1ccc(CCNC(=O)[C@H]2[C@@H]3C=C[C@@]4(CN(c5ccccc5OC)C(=O)[C@H]24)O3)cc1OC. The minimum atomic E-state index is -0.784. The number of hydrogen-bond donors (Lipinski definition) is 1. The Morgan fingerprint density at radius 2 is 1.85 bits per heavy atom. The number of benzene rings is 2. The highest BCUT2D eigenvalue weighted by atomic mass is 16.5. The first kappa shape index (κ1) is 22.3. The molecule has 0 aliphatic carbocycles. The number of para-hydroxylation sites is 2. The van der Waals surface area contributed by atoms with Crippen molar-refractivity contribution >= 4 is 17.5 Å². The number of methoxy groups -OCH3 is 3. The van der Waals surface area contributed by atoms with Crippen LogP contribution in [-0.2, 0) is 20.7 Å². The molecular formula is C26H28N2O6. The first-order valence-electron chi connectivity index (χ1n) is 11.3. The number of rotatable bonds is 8. The van der Waals surface area contributed by atoms with Crippen LogP contribution >= 0.6 is 0 Å². The summed E-state index contributed by atoms with van der Waals surface area (Å²) in [7, 11) is 4.76. The van der Waals surface area contributed by atoms with Crippen molar-refractivity contribution in [2.24, 2.45) is 11.8 Å². The van der Waals surface area contributed by atoms with E-state index >= 15 is 0 Å². The molecule has 34 heavy (non-hydrogen) atoms. The van der Waals surface area contributed by atoms with Gasteiger partial charge in [0, 0.05) is 6.54 Å². The van der Waals surface area contributed by atoms with Gasteiger partial charge in [0.25, 0.3) is 0 Å². The summed E-state index contributed by atoms with van der Waals surface area (Å²) >= 11 is 0. The molecule has 2 amide bonds. The molecule has 2 bridgehead atoms. The first-order valence-corrected chi connectivity index (χ1v) is 11.3. The third kappa shape index (κ3) is 3.49. The quantitative estimate of drug-likeness (QED) is 0.604. The van der Waals surface area contributed by atoms with Crippen molar-refractivity contribution in [3.8, 4) is 17.2 Å². The van der Waals surface area contributed by atoms with E-state index in [1.54, 1.807) is 26.2 Å². The van der Waals surface area contributed by atoms with Crippen molar-refractivity contribution in [2.45, 2.75) is 18.1 Å². The molecule has 2 aromatic carbocycles. The minimum absolute atomic E-state index is 0.114. The van der Waals surface area contributed by atoms with Gasteiger partial charge in [-0.15, -0.1) is 0 Å². The normalized spacial score (nSPS) is 26.5. The number of carbonyl (C=O) groups is 2. The number of amides is 2. The molecule has 8 heteroatoms. The summed E-state index contributed by atoms with van der Waals surface area (Å²) in [6, 6.07) is 13.1. The Bertz CT molecular complexity index is 1150. The Balaban J connectivity index is 1.29. The van der Waals surface area contributed by atoms with Crippen LogP contribution in [-0.4, -0.2) is 57.9 Å². The molecule has 8 nitrogen and oxygen atoms in total. The van der Waals surface area contributed by atoms with Gasteiger partial charge >= 0.3 is 0 Å². The van der Waals surface area contributed by atoms with Crippen molar-refractivity contribution in [3.05, 3.63) is 60.2 Å². The molecule has 2 saturated heterocycles. The summed E-state index contributed by atoms with van der Waals surface area (Å²) in [5.41, 5.74) is 0.915. The summed E-state index contributed by atoms with van der Waals surface area (Å²) < 4.78 is 22.3. The van der Waals surface area contributed by atoms with E-state index in [0.717, 1.165) is 5.56 Å². The van der Waals surface area contributed by atoms with Gasteiger partial charge in [-0.3, -0.25) is 9.59 Å². The summed E-state index contributed by atoms with van der Waals surface area (Å²) in [6.45, 7) is 0.796. The molecule has 0 aromatic heterocycles. The van der Waals surface area contributed by atoms with Crippen LogP contribution in [0.5, 0.6) is 17.2 Å². The highest BCUT2D eigenvalue weighted by molar-refractivity contribution is 6.04. The van der Waals surface area contributed by atoms with Gasteiger partial charge in [-0.1, -0.05) is 30.4 Å². The Morgan fingerprint density at radius 3 is 2.62 bits per heavy atom. The Morgan fingerprint density at radius 1 is 1.09 bits per heavy atom. The summed E-state index contributed by atoms with van der Waals surface area (Å²) in [6.07, 6.45) is 4.09. The van der Waals surface area contributed by atoms with Gasteiger partial charge in [-0.25, -0.2) is 0 Å². The lowest BCUT2D eigenvalue weighted by molar-refractivity contribution is -0.131. The molecule has 178 valence electrons. The molecule has 3 aliphatic heterocycles. The molecule has 3 aliphatic rings.